The first kappa shape index (κ1) is 13.3. The summed E-state index contributed by atoms with van der Waals surface area (Å²) in [6.07, 6.45) is 0. The van der Waals surface area contributed by atoms with Crippen molar-refractivity contribution < 1.29 is 17.6 Å². The minimum Gasteiger partial charge on any atom is -0.293 e. The van der Waals surface area contributed by atoms with Crippen LogP contribution in [0.3, 0.4) is 0 Å². The fourth-order valence-electron chi connectivity index (χ4n) is 1.25. The molecule has 0 spiro atoms. The van der Waals surface area contributed by atoms with E-state index in [1.807, 2.05) is 0 Å². The van der Waals surface area contributed by atoms with Gasteiger partial charge < -0.3 is 0 Å². The van der Waals surface area contributed by atoms with Gasteiger partial charge in [0.15, 0.2) is 15.6 Å². The van der Waals surface area contributed by atoms with Crippen molar-refractivity contribution in [3.05, 3.63) is 35.1 Å². The van der Waals surface area contributed by atoms with Crippen LogP contribution >= 0.6 is 0 Å². The van der Waals surface area contributed by atoms with Gasteiger partial charge in [-0.3, -0.25) is 4.79 Å². The molecule has 0 saturated carbocycles. The van der Waals surface area contributed by atoms with Crippen molar-refractivity contribution in [2.45, 2.75) is 6.92 Å². The number of carbonyl (C=O) groups excluding carboxylic acids is 1. The second-order valence-electron chi connectivity index (χ2n) is 3.58. The van der Waals surface area contributed by atoms with E-state index in [1.54, 1.807) is 0 Å². The van der Waals surface area contributed by atoms with Gasteiger partial charge in [-0.1, -0.05) is 0 Å². The SMILES string of the molecule is Cc1cc(C(=O)CS(=O)(=O)CC#N)ccc1F. The summed E-state index contributed by atoms with van der Waals surface area (Å²) in [5.41, 5.74) is 0.402. The van der Waals surface area contributed by atoms with E-state index in [2.05, 4.69) is 0 Å². The Labute approximate surface area is 98.6 Å². The highest BCUT2D eigenvalue weighted by molar-refractivity contribution is 7.92. The van der Waals surface area contributed by atoms with Crippen molar-refractivity contribution in [3.8, 4) is 6.07 Å². The Morgan fingerprint density at radius 3 is 2.65 bits per heavy atom. The van der Waals surface area contributed by atoms with Gasteiger partial charge in [-0.2, -0.15) is 5.26 Å². The number of rotatable bonds is 4. The normalized spacial score (nSPS) is 10.9. The summed E-state index contributed by atoms with van der Waals surface area (Å²) in [4.78, 5) is 11.6. The van der Waals surface area contributed by atoms with Gasteiger partial charge >= 0.3 is 0 Å². The summed E-state index contributed by atoms with van der Waals surface area (Å²) >= 11 is 0. The van der Waals surface area contributed by atoms with E-state index in [4.69, 9.17) is 5.26 Å². The van der Waals surface area contributed by atoms with Gasteiger partial charge in [-0.05, 0) is 30.7 Å². The fourth-order valence-corrected chi connectivity index (χ4v) is 2.12. The van der Waals surface area contributed by atoms with Crippen LogP contribution in [-0.2, 0) is 9.84 Å². The molecule has 0 fully saturated rings. The van der Waals surface area contributed by atoms with E-state index in [0.29, 0.717) is 0 Å². The molecule has 0 aromatic heterocycles. The molecule has 1 aromatic rings. The summed E-state index contributed by atoms with van der Waals surface area (Å²) in [7, 11) is -3.71. The summed E-state index contributed by atoms with van der Waals surface area (Å²) in [6.45, 7) is 1.48. The van der Waals surface area contributed by atoms with Crippen LogP contribution in [0.15, 0.2) is 18.2 Å². The molecule has 0 aliphatic heterocycles. The molecule has 0 saturated heterocycles. The smallest absolute Gasteiger partial charge is 0.177 e. The lowest BCUT2D eigenvalue weighted by molar-refractivity contribution is 0.102. The monoisotopic (exact) mass is 255 g/mol. The van der Waals surface area contributed by atoms with Crippen LogP contribution in [0.25, 0.3) is 0 Å². The number of sulfone groups is 1. The van der Waals surface area contributed by atoms with Crippen molar-refractivity contribution in [2.75, 3.05) is 11.5 Å². The standard InChI is InChI=1S/C11H10FNO3S/c1-8-6-9(2-3-10(8)12)11(14)7-17(15,16)5-4-13/h2-3,6H,5,7H2,1H3. The van der Waals surface area contributed by atoms with E-state index in [9.17, 15) is 17.6 Å². The van der Waals surface area contributed by atoms with E-state index in [-0.39, 0.29) is 11.1 Å². The number of Topliss-reactive ketones (excluding diaryl/α,β-unsaturated/α-hetero) is 1. The van der Waals surface area contributed by atoms with E-state index < -0.39 is 32.9 Å². The number of hydrogen-bond donors (Lipinski definition) is 0. The van der Waals surface area contributed by atoms with Gasteiger partial charge in [0.05, 0.1) is 6.07 Å². The molecule has 0 unspecified atom stereocenters. The zero-order valence-corrected chi connectivity index (χ0v) is 9.92. The maximum Gasteiger partial charge on any atom is 0.177 e. The Bertz CT molecular complexity index is 587. The lowest BCUT2D eigenvalue weighted by atomic mass is 10.1. The summed E-state index contributed by atoms with van der Waals surface area (Å²) in [6, 6.07) is 5.12. The molecular weight excluding hydrogens is 245 g/mol. The zero-order valence-electron chi connectivity index (χ0n) is 9.10. The number of ketones is 1. The molecule has 17 heavy (non-hydrogen) atoms. The maximum absolute atomic E-state index is 12.9. The fraction of sp³-hybridized carbons (Fsp3) is 0.273. The van der Waals surface area contributed by atoms with Gasteiger partial charge in [0.1, 0.15) is 17.3 Å². The highest BCUT2D eigenvalue weighted by Gasteiger charge is 2.18. The van der Waals surface area contributed by atoms with Gasteiger partial charge in [-0.25, -0.2) is 12.8 Å². The number of nitriles is 1. The Kier molecular flexibility index (Phi) is 3.97. The van der Waals surface area contributed by atoms with Crippen molar-refractivity contribution >= 4 is 15.6 Å². The lowest BCUT2D eigenvalue weighted by Crippen LogP contribution is -2.18. The molecule has 0 radical (unpaired) electrons. The molecule has 1 aromatic carbocycles. The molecule has 0 heterocycles. The van der Waals surface area contributed by atoms with Gasteiger partial charge in [-0.15, -0.1) is 0 Å². The Morgan fingerprint density at radius 1 is 1.47 bits per heavy atom. The highest BCUT2D eigenvalue weighted by atomic mass is 32.2. The van der Waals surface area contributed by atoms with Gasteiger partial charge in [0.25, 0.3) is 0 Å². The number of nitrogens with zero attached hydrogens (tertiary/aromatic N) is 1. The van der Waals surface area contributed by atoms with Gasteiger partial charge in [0.2, 0.25) is 0 Å². The molecule has 0 aliphatic carbocycles. The quantitative estimate of drug-likeness (QED) is 0.759. The van der Waals surface area contributed by atoms with Crippen molar-refractivity contribution in [1.82, 2.24) is 0 Å². The Balaban J connectivity index is 2.92. The third-order valence-electron chi connectivity index (χ3n) is 2.12. The van der Waals surface area contributed by atoms with Crippen LogP contribution in [0, 0.1) is 24.1 Å². The molecule has 0 atom stereocenters. The van der Waals surface area contributed by atoms with Crippen LogP contribution < -0.4 is 0 Å². The minimum absolute atomic E-state index is 0.130. The molecular formula is C11H10FNO3S. The predicted molar refractivity (Wildman–Crippen MR) is 59.7 cm³/mol. The first-order valence-electron chi connectivity index (χ1n) is 4.72. The zero-order chi connectivity index (χ0) is 13.1. The molecule has 0 aliphatic rings. The van der Waals surface area contributed by atoms with Crippen molar-refractivity contribution in [2.24, 2.45) is 0 Å². The number of carbonyl (C=O) groups is 1. The molecule has 90 valence electrons. The maximum atomic E-state index is 12.9. The van der Waals surface area contributed by atoms with E-state index in [0.717, 1.165) is 6.07 Å². The summed E-state index contributed by atoms with van der Waals surface area (Å²) in [5, 5.41) is 8.28. The third kappa shape index (κ3) is 3.64. The summed E-state index contributed by atoms with van der Waals surface area (Å²) in [5.74, 6) is -2.52. The minimum atomic E-state index is -3.71. The first-order chi connectivity index (χ1) is 7.85. The second kappa shape index (κ2) is 5.06. The highest BCUT2D eigenvalue weighted by Crippen LogP contribution is 2.10. The van der Waals surface area contributed by atoms with Crippen LogP contribution in [0.5, 0.6) is 0 Å². The predicted octanol–water partition coefficient (Wildman–Crippen LogP) is 1.26. The number of benzene rings is 1. The van der Waals surface area contributed by atoms with Crippen LogP contribution in [0.2, 0.25) is 0 Å². The van der Waals surface area contributed by atoms with Crippen LogP contribution in [0.4, 0.5) is 4.39 Å². The largest absolute Gasteiger partial charge is 0.293 e. The number of aryl methyl sites for hydroxylation is 1. The lowest BCUT2D eigenvalue weighted by Gasteiger charge is -2.02. The Hall–Kier alpha value is -1.74. The molecule has 0 amide bonds. The van der Waals surface area contributed by atoms with Crippen LogP contribution in [-0.4, -0.2) is 25.7 Å². The van der Waals surface area contributed by atoms with Crippen LogP contribution in [0.1, 0.15) is 15.9 Å². The Morgan fingerprint density at radius 2 is 2.12 bits per heavy atom. The van der Waals surface area contributed by atoms with Crippen molar-refractivity contribution in [3.63, 3.8) is 0 Å². The molecule has 1 rings (SSSR count). The van der Waals surface area contributed by atoms with Crippen molar-refractivity contribution in [1.29, 1.82) is 5.26 Å². The van der Waals surface area contributed by atoms with Gasteiger partial charge in [0, 0.05) is 5.56 Å². The molecule has 0 N–H and O–H groups in total. The topological polar surface area (TPSA) is 75.0 Å². The number of halogens is 1. The third-order valence-corrected chi connectivity index (χ3v) is 3.39. The first-order valence-corrected chi connectivity index (χ1v) is 6.54. The van der Waals surface area contributed by atoms with E-state index in [1.165, 1.54) is 25.1 Å². The summed E-state index contributed by atoms with van der Waals surface area (Å²) < 4.78 is 35.4. The second-order valence-corrected chi connectivity index (χ2v) is 5.64. The van der Waals surface area contributed by atoms with E-state index >= 15 is 0 Å². The average molecular weight is 255 g/mol. The average Bonchev–Trinajstić information content (AvgIpc) is 2.21. The molecule has 6 heteroatoms. The number of hydrogen-bond acceptors (Lipinski definition) is 4. The molecule has 4 nitrogen and oxygen atoms in total. The molecule has 0 bridgehead atoms.